The molecule has 0 radical (unpaired) electrons. The highest BCUT2D eigenvalue weighted by atomic mass is 35.5. The summed E-state index contributed by atoms with van der Waals surface area (Å²) in [7, 11) is 0. The molecule has 0 fully saturated rings. The Morgan fingerprint density at radius 3 is 2.76 bits per heavy atom. The van der Waals surface area contributed by atoms with Crippen LogP contribution in [-0.4, -0.2) is 15.5 Å². The van der Waals surface area contributed by atoms with Gasteiger partial charge in [0.1, 0.15) is 23.0 Å². The predicted molar refractivity (Wildman–Crippen MR) is 98.1 cm³/mol. The normalized spacial score (nSPS) is 11.1. The standard InChI is InChI=1S/C17H15ClFN3O2S/c1-8-9(2)25-16-15(8)17(24)22(10(3)20-16)7-14(23)21-11-4-5-13(19)12(18)6-11/h4-6H,7H2,1-3H3,(H,21,23). The highest BCUT2D eigenvalue weighted by Gasteiger charge is 2.16. The topological polar surface area (TPSA) is 64.0 Å². The first-order valence-corrected chi connectivity index (χ1v) is 8.69. The summed E-state index contributed by atoms with van der Waals surface area (Å²) in [5, 5.41) is 3.07. The highest BCUT2D eigenvalue weighted by molar-refractivity contribution is 7.18. The van der Waals surface area contributed by atoms with E-state index in [0.29, 0.717) is 21.7 Å². The van der Waals surface area contributed by atoms with Gasteiger partial charge in [-0.25, -0.2) is 9.37 Å². The molecule has 0 unspecified atom stereocenters. The Labute approximate surface area is 152 Å². The third-order valence-corrected chi connectivity index (χ3v) is 5.38. The average molecular weight is 380 g/mol. The number of amides is 1. The van der Waals surface area contributed by atoms with Gasteiger partial charge in [-0.05, 0) is 44.5 Å². The minimum atomic E-state index is -0.565. The van der Waals surface area contributed by atoms with E-state index in [1.54, 1.807) is 6.92 Å². The van der Waals surface area contributed by atoms with Crippen molar-refractivity contribution in [1.29, 1.82) is 0 Å². The fourth-order valence-corrected chi connectivity index (χ4v) is 3.78. The zero-order valence-electron chi connectivity index (χ0n) is 13.8. The maximum atomic E-state index is 13.2. The van der Waals surface area contributed by atoms with E-state index in [1.807, 2.05) is 13.8 Å². The molecule has 2 aromatic heterocycles. The van der Waals surface area contributed by atoms with Crippen molar-refractivity contribution in [3.8, 4) is 0 Å². The number of thiophene rings is 1. The molecule has 0 saturated heterocycles. The second kappa shape index (κ2) is 6.57. The van der Waals surface area contributed by atoms with E-state index in [9.17, 15) is 14.0 Å². The third kappa shape index (κ3) is 3.29. The van der Waals surface area contributed by atoms with Crippen molar-refractivity contribution in [3.63, 3.8) is 0 Å². The maximum absolute atomic E-state index is 13.2. The van der Waals surface area contributed by atoms with E-state index in [-0.39, 0.29) is 17.1 Å². The van der Waals surface area contributed by atoms with Crippen molar-refractivity contribution >= 4 is 44.7 Å². The number of carbonyl (C=O) groups is 1. The van der Waals surface area contributed by atoms with Gasteiger partial charge in [0.2, 0.25) is 5.91 Å². The molecular formula is C17H15ClFN3O2S. The van der Waals surface area contributed by atoms with Crippen LogP contribution in [0.1, 0.15) is 16.3 Å². The Balaban J connectivity index is 1.92. The monoisotopic (exact) mass is 379 g/mol. The second-order valence-corrected chi connectivity index (χ2v) is 7.30. The highest BCUT2D eigenvalue weighted by Crippen LogP contribution is 2.26. The van der Waals surface area contributed by atoms with E-state index in [0.717, 1.165) is 10.4 Å². The van der Waals surface area contributed by atoms with Crippen molar-refractivity contribution in [2.75, 3.05) is 5.32 Å². The van der Waals surface area contributed by atoms with Gasteiger partial charge in [0.05, 0.1) is 10.4 Å². The number of hydrogen-bond acceptors (Lipinski definition) is 4. The van der Waals surface area contributed by atoms with Gasteiger partial charge in [-0.1, -0.05) is 11.6 Å². The number of anilines is 1. The number of halogens is 2. The van der Waals surface area contributed by atoms with Crippen LogP contribution < -0.4 is 10.9 Å². The molecule has 8 heteroatoms. The van der Waals surface area contributed by atoms with Gasteiger partial charge in [0, 0.05) is 10.6 Å². The lowest BCUT2D eigenvalue weighted by Gasteiger charge is -2.10. The van der Waals surface area contributed by atoms with Gasteiger partial charge >= 0.3 is 0 Å². The summed E-state index contributed by atoms with van der Waals surface area (Å²) >= 11 is 7.17. The number of nitrogens with zero attached hydrogens (tertiary/aromatic N) is 2. The van der Waals surface area contributed by atoms with E-state index in [2.05, 4.69) is 10.3 Å². The van der Waals surface area contributed by atoms with Crippen LogP contribution >= 0.6 is 22.9 Å². The largest absolute Gasteiger partial charge is 0.324 e. The predicted octanol–water partition coefficient (Wildman–Crippen LogP) is 3.81. The summed E-state index contributed by atoms with van der Waals surface area (Å²) in [6, 6.07) is 3.89. The van der Waals surface area contributed by atoms with E-state index < -0.39 is 11.7 Å². The Morgan fingerprint density at radius 2 is 2.08 bits per heavy atom. The number of rotatable bonds is 3. The van der Waals surface area contributed by atoms with Crippen molar-refractivity contribution in [3.05, 3.63) is 55.7 Å². The smallest absolute Gasteiger partial charge is 0.263 e. The molecule has 0 aliphatic heterocycles. The minimum Gasteiger partial charge on any atom is -0.324 e. The van der Waals surface area contributed by atoms with Crippen LogP contribution in [0.3, 0.4) is 0 Å². The quantitative estimate of drug-likeness (QED) is 0.752. The first kappa shape index (κ1) is 17.6. The number of benzene rings is 1. The number of fused-ring (bicyclic) bond motifs is 1. The first-order chi connectivity index (χ1) is 11.8. The summed E-state index contributed by atoms with van der Waals surface area (Å²) in [4.78, 5) is 31.2. The van der Waals surface area contributed by atoms with Crippen LogP contribution in [0.2, 0.25) is 5.02 Å². The lowest BCUT2D eigenvalue weighted by molar-refractivity contribution is -0.116. The molecule has 0 aliphatic carbocycles. The summed E-state index contributed by atoms with van der Waals surface area (Å²) in [6.07, 6.45) is 0. The Morgan fingerprint density at radius 1 is 1.36 bits per heavy atom. The molecule has 2 heterocycles. The molecule has 25 heavy (non-hydrogen) atoms. The molecule has 3 rings (SSSR count). The molecule has 0 spiro atoms. The lowest BCUT2D eigenvalue weighted by atomic mass is 10.2. The molecule has 0 saturated carbocycles. The van der Waals surface area contributed by atoms with Gasteiger partial charge in [-0.15, -0.1) is 11.3 Å². The van der Waals surface area contributed by atoms with Crippen LogP contribution in [0.5, 0.6) is 0 Å². The molecule has 1 aromatic carbocycles. The SMILES string of the molecule is Cc1sc2nc(C)n(CC(=O)Nc3ccc(F)c(Cl)c3)c(=O)c2c1C. The van der Waals surface area contributed by atoms with Crippen molar-refractivity contribution in [1.82, 2.24) is 9.55 Å². The minimum absolute atomic E-state index is 0.0846. The number of hydrogen-bond donors (Lipinski definition) is 1. The zero-order chi connectivity index (χ0) is 18.3. The van der Waals surface area contributed by atoms with E-state index in [4.69, 9.17) is 11.6 Å². The second-order valence-electron chi connectivity index (χ2n) is 5.69. The molecule has 0 atom stereocenters. The molecule has 0 aliphatic rings. The zero-order valence-corrected chi connectivity index (χ0v) is 15.4. The van der Waals surface area contributed by atoms with Crippen LogP contribution in [0.15, 0.2) is 23.0 Å². The summed E-state index contributed by atoms with van der Waals surface area (Å²) in [5.74, 6) is -0.519. The Kier molecular flexibility index (Phi) is 4.62. The third-order valence-electron chi connectivity index (χ3n) is 3.98. The molecule has 130 valence electrons. The first-order valence-electron chi connectivity index (χ1n) is 7.50. The van der Waals surface area contributed by atoms with Gasteiger partial charge in [0.25, 0.3) is 5.56 Å². The van der Waals surface area contributed by atoms with Crippen LogP contribution in [0.25, 0.3) is 10.2 Å². The number of aryl methyl sites for hydroxylation is 3. The Bertz CT molecular complexity index is 1060. The Hall–Kier alpha value is -2.25. The fourth-order valence-electron chi connectivity index (χ4n) is 2.53. The van der Waals surface area contributed by atoms with Gasteiger partial charge in [-0.3, -0.25) is 14.2 Å². The summed E-state index contributed by atoms with van der Waals surface area (Å²) < 4.78 is 14.5. The number of carbonyl (C=O) groups excluding carboxylic acids is 1. The fraction of sp³-hybridized carbons (Fsp3) is 0.235. The molecule has 0 bridgehead atoms. The van der Waals surface area contributed by atoms with E-state index in [1.165, 1.54) is 34.1 Å². The van der Waals surface area contributed by atoms with Crippen LogP contribution in [-0.2, 0) is 11.3 Å². The van der Waals surface area contributed by atoms with Crippen molar-refractivity contribution in [2.24, 2.45) is 0 Å². The van der Waals surface area contributed by atoms with Crippen LogP contribution in [0, 0.1) is 26.6 Å². The average Bonchev–Trinajstić information content (AvgIpc) is 2.82. The molecular weight excluding hydrogens is 365 g/mol. The number of aromatic nitrogens is 2. The van der Waals surface area contributed by atoms with Crippen molar-refractivity contribution in [2.45, 2.75) is 27.3 Å². The summed E-state index contributed by atoms with van der Waals surface area (Å²) in [5.41, 5.74) is 1.01. The van der Waals surface area contributed by atoms with E-state index >= 15 is 0 Å². The van der Waals surface area contributed by atoms with Crippen LogP contribution in [0.4, 0.5) is 10.1 Å². The molecule has 5 nitrogen and oxygen atoms in total. The van der Waals surface area contributed by atoms with Gasteiger partial charge in [0.15, 0.2) is 0 Å². The maximum Gasteiger partial charge on any atom is 0.263 e. The summed E-state index contributed by atoms with van der Waals surface area (Å²) in [6.45, 7) is 5.31. The molecule has 1 amide bonds. The van der Waals surface area contributed by atoms with Gasteiger partial charge < -0.3 is 5.32 Å². The molecule has 3 aromatic rings. The van der Waals surface area contributed by atoms with Crippen molar-refractivity contribution < 1.29 is 9.18 Å². The molecule has 1 N–H and O–H groups in total. The van der Waals surface area contributed by atoms with Gasteiger partial charge in [-0.2, -0.15) is 0 Å². The lowest BCUT2D eigenvalue weighted by Crippen LogP contribution is -2.30. The number of nitrogens with one attached hydrogen (secondary N) is 1.